The van der Waals surface area contributed by atoms with Crippen LogP contribution in [0.1, 0.15) is 50.2 Å². The lowest BCUT2D eigenvalue weighted by atomic mass is 10.1. The molecule has 3 heterocycles. The van der Waals surface area contributed by atoms with E-state index in [2.05, 4.69) is 57.7 Å². The van der Waals surface area contributed by atoms with Crippen LogP contribution in [0.4, 0.5) is 5.82 Å². The quantitative estimate of drug-likeness (QED) is 0.541. The first-order chi connectivity index (χ1) is 12.2. The van der Waals surface area contributed by atoms with E-state index in [1.807, 2.05) is 45.9 Å². The van der Waals surface area contributed by atoms with Gasteiger partial charge >= 0.3 is 0 Å². The van der Waals surface area contributed by atoms with Crippen LogP contribution in [0, 0.1) is 0 Å². The lowest BCUT2D eigenvalue weighted by Gasteiger charge is -2.05. The fraction of sp³-hybridized carbons (Fsp3) is 0.353. The lowest BCUT2D eigenvalue weighted by molar-refractivity contribution is 0.0951. The second-order valence-corrected chi connectivity index (χ2v) is 5.98. The Balaban J connectivity index is 0.000000730. The minimum absolute atomic E-state index is 0.139. The van der Waals surface area contributed by atoms with Gasteiger partial charge in [-0.1, -0.05) is 33.8 Å². The number of pyridine rings is 1. The highest BCUT2D eigenvalue weighted by Crippen LogP contribution is 2.31. The number of aromatic nitrogens is 2. The van der Waals surface area contributed by atoms with E-state index in [1.54, 1.807) is 6.20 Å². The van der Waals surface area contributed by atoms with Gasteiger partial charge in [-0.15, -0.1) is 0 Å². The number of anilines is 1. The number of rotatable bonds is 2. The highest BCUT2D eigenvalue weighted by molar-refractivity contribution is 9.13. The summed E-state index contributed by atoms with van der Waals surface area (Å²) in [5.41, 5.74) is 4.96. The molecular weight excluding hydrogens is 450 g/mol. The van der Waals surface area contributed by atoms with Gasteiger partial charge in [0.05, 0.1) is 14.8 Å². The minimum atomic E-state index is -0.139. The molecule has 0 aliphatic carbocycles. The third-order valence-corrected chi connectivity index (χ3v) is 4.95. The number of fused-ring (bicyclic) bond motifs is 1. The van der Waals surface area contributed by atoms with E-state index in [0.717, 1.165) is 20.4 Å². The number of nitrogens with one attached hydrogen (secondary N) is 3. The molecule has 1 amide bonds. The van der Waals surface area contributed by atoms with Gasteiger partial charge < -0.3 is 10.3 Å². The minimum Gasteiger partial charge on any atom is -0.350 e. The average molecular weight is 473 g/mol. The number of nitrogens with zero attached hydrogens (tertiary/aromatic N) is 2. The molecule has 1 aliphatic heterocycles. The summed E-state index contributed by atoms with van der Waals surface area (Å²) in [6.45, 7) is 8.54. The van der Waals surface area contributed by atoms with E-state index in [0.29, 0.717) is 24.5 Å². The monoisotopic (exact) mass is 471 g/mol. The van der Waals surface area contributed by atoms with E-state index < -0.39 is 0 Å². The summed E-state index contributed by atoms with van der Waals surface area (Å²) >= 11 is 6.87. The molecule has 0 saturated heterocycles. The predicted molar refractivity (Wildman–Crippen MR) is 110 cm³/mol. The van der Waals surface area contributed by atoms with Crippen molar-refractivity contribution in [3.8, 4) is 0 Å². The van der Waals surface area contributed by atoms with Gasteiger partial charge in [-0.3, -0.25) is 10.2 Å². The third-order valence-electron chi connectivity index (χ3n) is 3.03. The summed E-state index contributed by atoms with van der Waals surface area (Å²) in [7, 11) is 0. The molecule has 0 atom stereocenters. The first-order valence-corrected chi connectivity index (χ1v) is 9.84. The smallest absolute Gasteiger partial charge is 0.268 e. The van der Waals surface area contributed by atoms with E-state index in [9.17, 15) is 4.79 Å². The van der Waals surface area contributed by atoms with Gasteiger partial charge in [0.15, 0.2) is 0 Å². The number of hydrogen-bond acceptors (Lipinski definition) is 4. The zero-order chi connectivity index (χ0) is 18.8. The highest BCUT2D eigenvalue weighted by atomic mass is 79.9. The van der Waals surface area contributed by atoms with Crippen LogP contribution in [-0.4, -0.2) is 28.1 Å². The summed E-state index contributed by atoms with van der Waals surface area (Å²) in [6, 6.07) is 5.54. The molecule has 8 heteroatoms. The summed E-state index contributed by atoms with van der Waals surface area (Å²) < 4.78 is 1.51. The van der Waals surface area contributed by atoms with Gasteiger partial charge in [0.25, 0.3) is 5.91 Å². The molecule has 3 rings (SSSR count). The van der Waals surface area contributed by atoms with E-state index >= 15 is 0 Å². The largest absolute Gasteiger partial charge is 0.350 e. The van der Waals surface area contributed by atoms with Gasteiger partial charge in [-0.2, -0.15) is 5.10 Å². The van der Waals surface area contributed by atoms with Crippen molar-refractivity contribution in [2.75, 3.05) is 12.0 Å². The lowest BCUT2D eigenvalue weighted by Crippen LogP contribution is -2.23. The molecular formula is C17H23Br2N5O. The number of carbonyl (C=O) groups is 1. The van der Waals surface area contributed by atoms with Crippen LogP contribution in [0.3, 0.4) is 0 Å². The van der Waals surface area contributed by atoms with E-state index in [-0.39, 0.29) is 5.91 Å². The van der Waals surface area contributed by atoms with Crippen molar-refractivity contribution in [1.82, 2.24) is 15.3 Å². The zero-order valence-corrected chi connectivity index (χ0v) is 18.0. The molecule has 0 bridgehead atoms. The van der Waals surface area contributed by atoms with Crippen molar-refractivity contribution in [2.24, 2.45) is 5.10 Å². The Labute approximate surface area is 165 Å². The van der Waals surface area contributed by atoms with Crippen molar-refractivity contribution in [3.05, 3.63) is 44.7 Å². The van der Waals surface area contributed by atoms with Crippen LogP contribution in [0.5, 0.6) is 0 Å². The highest BCUT2D eigenvalue weighted by Gasteiger charge is 2.26. The van der Waals surface area contributed by atoms with Crippen LogP contribution in [-0.2, 0) is 0 Å². The molecule has 0 radical (unpaired) electrons. The first-order valence-electron chi connectivity index (χ1n) is 8.26. The second kappa shape index (κ2) is 11.0. The number of halogens is 2. The van der Waals surface area contributed by atoms with Crippen LogP contribution in [0.15, 0.2) is 38.6 Å². The maximum atomic E-state index is 12.0. The van der Waals surface area contributed by atoms with Crippen molar-refractivity contribution >= 4 is 49.3 Å². The van der Waals surface area contributed by atoms with Gasteiger partial charge in [-0.25, -0.2) is 4.98 Å². The Bertz CT molecular complexity index is 713. The number of carbonyl (C=O) groups excluding carboxylic acids is 1. The van der Waals surface area contributed by atoms with Crippen molar-refractivity contribution in [2.45, 2.75) is 34.1 Å². The average Bonchev–Trinajstić information content (AvgIpc) is 2.87. The molecule has 25 heavy (non-hydrogen) atoms. The van der Waals surface area contributed by atoms with E-state index in [4.69, 9.17) is 0 Å². The zero-order valence-electron chi connectivity index (χ0n) is 14.8. The van der Waals surface area contributed by atoms with Gasteiger partial charge in [0.2, 0.25) is 0 Å². The molecule has 0 saturated carbocycles. The third kappa shape index (κ3) is 5.40. The maximum Gasteiger partial charge on any atom is 0.268 e. The number of hydrogen-bond donors (Lipinski definition) is 3. The molecule has 0 spiro atoms. The Kier molecular flexibility index (Phi) is 9.44. The Morgan fingerprint density at radius 1 is 1.20 bits per heavy atom. The Morgan fingerprint density at radius 3 is 2.56 bits per heavy atom. The molecule has 136 valence electrons. The molecule has 2 aromatic heterocycles. The first kappa shape index (κ1) is 21.4. The van der Waals surface area contributed by atoms with Gasteiger partial charge in [0, 0.05) is 24.7 Å². The molecule has 1 aliphatic rings. The molecule has 2 aromatic rings. The molecule has 3 N–H and O–H groups in total. The fourth-order valence-electron chi connectivity index (χ4n) is 2.06. The maximum absolute atomic E-state index is 12.0. The summed E-state index contributed by atoms with van der Waals surface area (Å²) in [5.74, 6) is 0.514. The standard InChI is InChI=1S/C13H11Br2N5O.2C2H6/c14-10-9-7(19-20-8-3-1-2-5-16-8)4-6-17-13(21)11(9)18-12(10)15;2*1-2/h1-3,5,18H,4,6H2,(H,16,20)(H,17,21);2*1-2H3/b19-7+;;. The Hall–Kier alpha value is -1.67. The summed E-state index contributed by atoms with van der Waals surface area (Å²) in [6.07, 6.45) is 2.32. The topological polar surface area (TPSA) is 82.2 Å². The van der Waals surface area contributed by atoms with Crippen LogP contribution >= 0.6 is 31.9 Å². The number of amides is 1. The summed E-state index contributed by atoms with van der Waals surface area (Å²) in [4.78, 5) is 19.2. The molecule has 0 fully saturated rings. The Morgan fingerprint density at radius 2 is 1.92 bits per heavy atom. The van der Waals surface area contributed by atoms with Crippen molar-refractivity contribution < 1.29 is 4.79 Å². The number of hydrazone groups is 1. The number of H-pyrrole nitrogens is 1. The van der Waals surface area contributed by atoms with Gasteiger partial charge in [0.1, 0.15) is 11.5 Å². The van der Waals surface area contributed by atoms with Gasteiger partial charge in [-0.05, 0) is 44.0 Å². The van der Waals surface area contributed by atoms with E-state index in [1.165, 1.54) is 0 Å². The molecule has 6 nitrogen and oxygen atoms in total. The summed E-state index contributed by atoms with van der Waals surface area (Å²) in [5, 5.41) is 7.24. The normalized spacial score (nSPS) is 14.2. The molecule has 0 aromatic carbocycles. The van der Waals surface area contributed by atoms with Crippen LogP contribution < -0.4 is 10.7 Å². The van der Waals surface area contributed by atoms with Crippen LogP contribution in [0.25, 0.3) is 0 Å². The van der Waals surface area contributed by atoms with Crippen LogP contribution in [0.2, 0.25) is 0 Å². The second-order valence-electron chi connectivity index (χ2n) is 4.39. The SMILES string of the molecule is CC.CC.O=C1NCC/C(=N\Nc2ccccn2)c2c1[nH]c(Br)c2Br. The van der Waals surface area contributed by atoms with Crippen molar-refractivity contribution in [1.29, 1.82) is 0 Å². The molecule has 0 unspecified atom stereocenters. The fourth-order valence-corrected chi connectivity index (χ4v) is 2.98. The number of aromatic amines is 1. The predicted octanol–water partition coefficient (Wildman–Crippen LogP) is 4.94. The van der Waals surface area contributed by atoms with Crippen molar-refractivity contribution in [3.63, 3.8) is 0 Å².